The highest BCUT2D eigenvalue weighted by molar-refractivity contribution is 9.10. The molecular weight excluding hydrogens is 337 g/mol. The molecule has 0 aliphatic rings. The quantitative estimate of drug-likeness (QED) is 0.829. The highest BCUT2D eigenvalue weighted by Crippen LogP contribution is 2.23. The molecule has 3 nitrogen and oxygen atoms in total. The zero-order chi connectivity index (χ0) is 15.4. The predicted octanol–water partition coefficient (Wildman–Crippen LogP) is 4.43. The van der Waals surface area contributed by atoms with Gasteiger partial charge in [0, 0.05) is 22.0 Å². The lowest BCUT2D eigenvalue weighted by molar-refractivity contribution is 0.0989. The molecule has 1 N–H and O–H groups in total. The van der Waals surface area contributed by atoms with Gasteiger partial charge in [-0.1, -0.05) is 22.9 Å². The zero-order valence-electron chi connectivity index (χ0n) is 11.3. The van der Waals surface area contributed by atoms with Crippen LogP contribution in [0.5, 0.6) is 0 Å². The van der Waals surface area contributed by atoms with Crippen LogP contribution < -0.4 is 5.32 Å². The smallest absolute Gasteiger partial charge is 0.255 e. The fourth-order valence-corrected chi connectivity index (χ4v) is 2.21. The molecule has 0 spiro atoms. The summed E-state index contributed by atoms with van der Waals surface area (Å²) in [5.41, 5.74) is 1.22. The average molecular weight is 350 g/mol. The van der Waals surface area contributed by atoms with E-state index in [-0.39, 0.29) is 5.78 Å². The minimum absolute atomic E-state index is 0.0584. The Bertz CT molecular complexity index is 683. The second-order valence-electron chi connectivity index (χ2n) is 4.43. The standard InChI is InChI=1S/C16H13BrFNO2/c1-2-15(20)13-8-5-11(17)9-14(13)19-16(21)10-3-6-12(18)7-4-10/h3-9H,2H2,1H3,(H,19,21). The molecule has 0 atom stereocenters. The lowest BCUT2D eigenvalue weighted by Crippen LogP contribution is -2.14. The first-order valence-electron chi connectivity index (χ1n) is 6.41. The molecule has 0 aromatic heterocycles. The lowest BCUT2D eigenvalue weighted by Gasteiger charge is -2.10. The number of Topliss-reactive ketones (excluding diaryl/α,β-unsaturated/α-hetero) is 1. The van der Waals surface area contributed by atoms with Crippen molar-refractivity contribution < 1.29 is 14.0 Å². The topological polar surface area (TPSA) is 46.2 Å². The number of carbonyl (C=O) groups excluding carboxylic acids is 2. The van der Waals surface area contributed by atoms with Crippen molar-refractivity contribution in [3.8, 4) is 0 Å². The Balaban J connectivity index is 2.30. The van der Waals surface area contributed by atoms with Crippen molar-refractivity contribution in [1.82, 2.24) is 0 Å². The Labute approximate surface area is 130 Å². The molecule has 0 saturated heterocycles. The minimum atomic E-state index is -0.407. The summed E-state index contributed by atoms with van der Waals surface area (Å²) in [6.45, 7) is 1.76. The first-order chi connectivity index (χ1) is 10.0. The third-order valence-electron chi connectivity index (χ3n) is 2.96. The number of rotatable bonds is 4. The molecule has 1 amide bonds. The van der Waals surface area contributed by atoms with Gasteiger partial charge in [0.15, 0.2) is 5.78 Å². The monoisotopic (exact) mass is 349 g/mol. The summed E-state index contributed by atoms with van der Waals surface area (Å²) < 4.78 is 13.6. The molecule has 0 fully saturated rings. The average Bonchev–Trinajstić information content (AvgIpc) is 2.47. The molecule has 2 aromatic rings. The third-order valence-corrected chi connectivity index (χ3v) is 3.45. The summed E-state index contributed by atoms with van der Waals surface area (Å²) in [7, 11) is 0. The van der Waals surface area contributed by atoms with Gasteiger partial charge < -0.3 is 5.32 Å². The zero-order valence-corrected chi connectivity index (χ0v) is 12.9. The van der Waals surface area contributed by atoms with Crippen molar-refractivity contribution in [2.75, 3.05) is 5.32 Å². The molecule has 0 saturated carbocycles. The van der Waals surface area contributed by atoms with Crippen LogP contribution in [0.1, 0.15) is 34.1 Å². The first-order valence-corrected chi connectivity index (χ1v) is 7.20. The van der Waals surface area contributed by atoms with Gasteiger partial charge in [-0.2, -0.15) is 0 Å². The molecule has 2 rings (SSSR count). The van der Waals surface area contributed by atoms with Crippen LogP contribution in [0.15, 0.2) is 46.9 Å². The summed E-state index contributed by atoms with van der Waals surface area (Å²) in [6, 6.07) is 10.3. The Kier molecular flexibility index (Phi) is 4.85. The maximum absolute atomic E-state index is 12.9. The van der Waals surface area contributed by atoms with Gasteiger partial charge in [0.1, 0.15) is 5.82 Å². The van der Waals surface area contributed by atoms with Crippen molar-refractivity contribution in [2.24, 2.45) is 0 Å². The number of hydrogen-bond donors (Lipinski definition) is 1. The van der Waals surface area contributed by atoms with E-state index in [4.69, 9.17) is 0 Å². The lowest BCUT2D eigenvalue weighted by atomic mass is 10.1. The number of ketones is 1. The SMILES string of the molecule is CCC(=O)c1ccc(Br)cc1NC(=O)c1ccc(F)cc1. The molecule has 0 heterocycles. The second-order valence-corrected chi connectivity index (χ2v) is 5.34. The van der Waals surface area contributed by atoms with Gasteiger partial charge in [-0.15, -0.1) is 0 Å². The summed E-state index contributed by atoms with van der Waals surface area (Å²) in [4.78, 5) is 24.0. The van der Waals surface area contributed by atoms with Crippen molar-refractivity contribution in [2.45, 2.75) is 13.3 Å². The van der Waals surface area contributed by atoms with Gasteiger partial charge in [0.25, 0.3) is 5.91 Å². The molecule has 108 valence electrons. The van der Waals surface area contributed by atoms with Crippen LogP contribution in [-0.4, -0.2) is 11.7 Å². The molecule has 0 aliphatic heterocycles. The Morgan fingerprint density at radius 2 is 1.81 bits per heavy atom. The summed E-state index contributed by atoms with van der Waals surface area (Å²) in [5.74, 6) is -0.856. The van der Waals surface area contributed by atoms with Gasteiger partial charge in [0.2, 0.25) is 0 Å². The van der Waals surface area contributed by atoms with Crippen molar-refractivity contribution >= 4 is 33.3 Å². The molecule has 0 bridgehead atoms. The fraction of sp³-hybridized carbons (Fsp3) is 0.125. The van der Waals surface area contributed by atoms with Crippen molar-refractivity contribution in [3.63, 3.8) is 0 Å². The van der Waals surface area contributed by atoms with E-state index in [1.807, 2.05) is 0 Å². The molecule has 2 aromatic carbocycles. The van der Waals surface area contributed by atoms with Gasteiger partial charge in [-0.3, -0.25) is 9.59 Å². The Morgan fingerprint density at radius 1 is 1.14 bits per heavy atom. The van der Waals surface area contributed by atoms with E-state index in [2.05, 4.69) is 21.2 Å². The Hall–Kier alpha value is -2.01. The van der Waals surface area contributed by atoms with Crippen LogP contribution in [0.2, 0.25) is 0 Å². The van der Waals surface area contributed by atoms with E-state index in [1.54, 1.807) is 25.1 Å². The van der Waals surface area contributed by atoms with E-state index >= 15 is 0 Å². The van der Waals surface area contributed by atoms with E-state index < -0.39 is 11.7 Å². The van der Waals surface area contributed by atoms with Crippen LogP contribution in [0.4, 0.5) is 10.1 Å². The van der Waals surface area contributed by atoms with E-state index in [0.717, 1.165) is 4.47 Å². The number of carbonyl (C=O) groups is 2. The highest BCUT2D eigenvalue weighted by Gasteiger charge is 2.13. The number of amides is 1. The largest absolute Gasteiger partial charge is 0.321 e. The Morgan fingerprint density at radius 3 is 2.43 bits per heavy atom. The number of anilines is 1. The van der Waals surface area contributed by atoms with Gasteiger partial charge in [-0.05, 0) is 42.5 Å². The minimum Gasteiger partial charge on any atom is -0.321 e. The van der Waals surface area contributed by atoms with Crippen LogP contribution in [0.3, 0.4) is 0 Å². The summed E-state index contributed by atoms with van der Waals surface area (Å²) in [6.07, 6.45) is 0.348. The molecule has 5 heteroatoms. The summed E-state index contributed by atoms with van der Waals surface area (Å²) in [5, 5.41) is 2.69. The number of benzene rings is 2. The maximum Gasteiger partial charge on any atom is 0.255 e. The maximum atomic E-state index is 12.9. The van der Waals surface area contributed by atoms with E-state index in [1.165, 1.54) is 24.3 Å². The normalized spacial score (nSPS) is 10.2. The van der Waals surface area contributed by atoms with Crippen LogP contribution in [0.25, 0.3) is 0 Å². The molecule has 21 heavy (non-hydrogen) atoms. The van der Waals surface area contributed by atoms with Crippen LogP contribution in [0, 0.1) is 5.82 Å². The van der Waals surface area contributed by atoms with Crippen molar-refractivity contribution in [1.29, 1.82) is 0 Å². The number of nitrogens with one attached hydrogen (secondary N) is 1. The molecule has 0 radical (unpaired) electrons. The predicted molar refractivity (Wildman–Crippen MR) is 83.1 cm³/mol. The molecule has 0 aliphatic carbocycles. The summed E-state index contributed by atoms with van der Waals surface area (Å²) >= 11 is 3.31. The second kappa shape index (κ2) is 6.63. The van der Waals surface area contributed by atoms with Gasteiger partial charge in [0.05, 0.1) is 5.69 Å². The number of hydrogen-bond acceptors (Lipinski definition) is 2. The van der Waals surface area contributed by atoms with Gasteiger partial charge in [-0.25, -0.2) is 4.39 Å². The highest BCUT2D eigenvalue weighted by atomic mass is 79.9. The van der Waals surface area contributed by atoms with Crippen LogP contribution in [-0.2, 0) is 0 Å². The third kappa shape index (κ3) is 3.76. The van der Waals surface area contributed by atoms with E-state index in [0.29, 0.717) is 23.2 Å². The fourth-order valence-electron chi connectivity index (χ4n) is 1.85. The van der Waals surface area contributed by atoms with Crippen molar-refractivity contribution in [3.05, 3.63) is 63.9 Å². The molecular formula is C16H13BrFNO2. The molecule has 0 unspecified atom stereocenters. The number of halogens is 2. The van der Waals surface area contributed by atoms with Crippen LogP contribution >= 0.6 is 15.9 Å². The van der Waals surface area contributed by atoms with E-state index in [9.17, 15) is 14.0 Å². The first kappa shape index (κ1) is 15.4. The van der Waals surface area contributed by atoms with Gasteiger partial charge >= 0.3 is 0 Å².